The number of hydrogen-bond donors (Lipinski definition) is 1. The van der Waals surface area contributed by atoms with E-state index in [1.807, 2.05) is 27.7 Å². The zero-order valence-electron chi connectivity index (χ0n) is 12.0. The molecular weight excluding hydrogens is 276 g/mol. The Morgan fingerprint density at radius 2 is 1.71 bits per heavy atom. The van der Waals surface area contributed by atoms with Gasteiger partial charge in [0.25, 0.3) is 0 Å². The Kier molecular flexibility index (Phi) is 7.76. The van der Waals surface area contributed by atoms with Crippen molar-refractivity contribution in [3.8, 4) is 0 Å². The fourth-order valence-electron chi connectivity index (χ4n) is 2.45. The van der Waals surface area contributed by atoms with Gasteiger partial charge >= 0.3 is 0 Å². The lowest BCUT2D eigenvalue weighted by Crippen LogP contribution is -2.40. The summed E-state index contributed by atoms with van der Waals surface area (Å²) in [7, 11) is 0. The lowest BCUT2D eigenvalue weighted by Gasteiger charge is -2.23. The van der Waals surface area contributed by atoms with E-state index in [1.54, 1.807) is 0 Å². The molecule has 2 saturated heterocycles. The first-order valence-electron chi connectivity index (χ1n) is 6.69. The Morgan fingerprint density at radius 1 is 1.05 bits per heavy atom. The molecule has 0 radical (unpaired) electrons. The monoisotopic (exact) mass is 308 g/mol. The quantitative estimate of drug-likeness (QED) is 0.783. The molecule has 21 heavy (non-hydrogen) atoms. The first kappa shape index (κ1) is 20.8. The van der Waals surface area contributed by atoms with Crippen LogP contribution in [0.15, 0.2) is 0 Å². The Hall–Kier alpha value is -0.240. The van der Waals surface area contributed by atoms with Crippen LogP contribution in [0.4, 0.5) is 0 Å². The molecule has 3 unspecified atom stereocenters. The lowest BCUT2D eigenvalue weighted by atomic mass is 10.1. The lowest BCUT2D eigenvalue weighted by molar-refractivity contribution is -0.175. The van der Waals surface area contributed by atoms with E-state index in [2.05, 4.69) is 0 Å². The summed E-state index contributed by atoms with van der Waals surface area (Å²) < 4.78 is 28.5. The molecular formula is C15H32O6. The Labute approximate surface area is 128 Å². The summed E-state index contributed by atoms with van der Waals surface area (Å²) in [5, 5.41) is 8.75. The summed E-state index contributed by atoms with van der Waals surface area (Å²) >= 11 is 0. The van der Waals surface area contributed by atoms with Gasteiger partial charge in [-0.1, -0.05) is 14.9 Å². The normalized spacial score (nSPS) is 33.3. The first-order chi connectivity index (χ1) is 8.83. The van der Waals surface area contributed by atoms with Crippen LogP contribution in [0.2, 0.25) is 0 Å². The van der Waals surface area contributed by atoms with Gasteiger partial charge in [-0.15, -0.1) is 0 Å². The Morgan fingerprint density at radius 3 is 2.24 bits per heavy atom. The molecule has 128 valence electrons. The highest BCUT2D eigenvalue weighted by Crippen LogP contribution is 2.35. The number of rotatable bonds is 5. The molecule has 2 fully saturated rings. The number of aliphatic hydroxyl groups is 1. The second kappa shape index (κ2) is 7.85. The molecule has 2 aliphatic rings. The molecule has 0 saturated carbocycles. The summed E-state index contributed by atoms with van der Waals surface area (Å²) in [6, 6.07) is 0. The van der Waals surface area contributed by atoms with E-state index in [0.29, 0.717) is 19.8 Å². The van der Waals surface area contributed by atoms with E-state index in [4.69, 9.17) is 28.8 Å². The molecule has 6 heteroatoms. The fraction of sp³-hybridized carbons (Fsp3) is 1.00. The third kappa shape index (κ3) is 5.47. The highest BCUT2D eigenvalue weighted by atomic mass is 16.8. The maximum atomic E-state index is 8.75. The Bertz CT molecular complexity index is 305. The number of hydrogen-bond acceptors (Lipinski definition) is 6. The molecule has 0 aromatic heterocycles. The summed E-state index contributed by atoms with van der Waals surface area (Å²) in [6.07, 6.45) is -0.612. The van der Waals surface area contributed by atoms with Gasteiger partial charge in [-0.3, -0.25) is 0 Å². The first-order valence-corrected chi connectivity index (χ1v) is 6.69. The Balaban J connectivity index is 0.00000200. The second-order valence-corrected chi connectivity index (χ2v) is 5.80. The van der Waals surface area contributed by atoms with E-state index in [-0.39, 0.29) is 39.8 Å². The molecule has 2 rings (SSSR count). The molecule has 0 aliphatic carbocycles. The summed E-state index contributed by atoms with van der Waals surface area (Å²) in [6.45, 7) is 8.64. The van der Waals surface area contributed by atoms with Crippen LogP contribution in [-0.4, -0.2) is 61.4 Å². The molecule has 0 bridgehead atoms. The predicted octanol–water partition coefficient (Wildman–Crippen LogP) is 1.94. The number of ether oxygens (including phenoxy) is 5. The largest absolute Gasteiger partial charge is 0.394 e. The molecule has 3 atom stereocenters. The van der Waals surface area contributed by atoms with E-state index in [0.717, 1.165) is 0 Å². The van der Waals surface area contributed by atoms with Gasteiger partial charge in [-0.25, -0.2) is 0 Å². The SMILES string of the molecule is C.C.CC1(C)OCC(C2OC(C)(C)OC2COCCO)O1. The van der Waals surface area contributed by atoms with Gasteiger partial charge < -0.3 is 28.8 Å². The summed E-state index contributed by atoms with van der Waals surface area (Å²) in [5.41, 5.74) is 0. The zero-order chi connectivity index (χ0) is 14.1. The standard InChI is InChI=1S/C13H24O6.2CH4/c1-12(2)16-8-10(17-12)11-9(7-15-6-5-14)18-13(3,4)19-11;;/h9-11,14H,5-8H2,1-4H3;2*1H4. The predicted molar refractivity (Wildman–Crippen MR) is 80.1 cm³/mol. The van der Waals surface area contributed by atoms with E-state index in [1.165, 1.54) is 0 Å². The van der Waals surface area contributed by atoms with Gasteiger partial charge in [0.05, 0.1) is 26.4 Å². The molecule has 6 nitrogen and oxygen atoms in total. The van der Waals surface area contributed by atoms with E-state index < -0.39 is 11.6 Å². The van der Waals surface area contributed by atoms with Crippen LogP contribution in [-0.2, 0) is 23.7 Å². The molecule has 1 N–H and O–H groups in total. The van der Waals surface area contributed by atoms with Crippen molar-refractivity contribution in [1.29, 1.82) is 0 Å². The van der Waals surface area contributed by atoms with Crippen molar-refractivity contribution in [2.45, 2.75) is 72.4 Å². The minimum atomic E-state index is -0.659. The van der Waals surface area contributed by atoms with Crippen molar-refractivity contribution < 1.29 is 28.8 Å². The van der Waals surface area contributed by atoms with Crippen LogP contribution < -0.4 is 0 Å². The zero-order valence-corrected chi connectivity index (χ0v) is 12.0. The van der Waals surface area contributed by atoms with E-state index in [9.17, 15) is 0 Å². The topological polar surface area (TPSA) is 66.4 Å². The van der Waals surface area contributed by atoms with Gasteiger partial charge in [-0.05, 0) is 27.7 Å². The van der Waals surface area contributed by atoms with Crippen LogP contribution in [0.5, 0.6) is 0 Å². The molecule has 0 aromatic carbocycles. The van der Waals surface area contributed by atoms with Gasteiger partial charge in [0.1, 0.15) is 18.3 Å². The van der Waals surface area contributed by atoms with Gasteiger partial charge in [0.15, 0.2) is 11.6 Å². The molecule has 0 aromatic rings. The third-order valence-corrected chi connectivity index (χ3v) is 3.14. The highest BCUT2D eigenvalue weighted by Gasteiger charge is 2.49. The van der Waals surface area contributed by atoms with Gasteiger partial charge in [0, 0.05) is 0 Å². The molecule has 2 heterocycles. The molecule has 0 amide bonds. The van der Waals surface area contributed by atoms with Crippen LogP contribution in [0.25, 0.3) is 0 Å². The highest BCUT2D eigenvalue weighted by molar-refractivity contribution is 4.90. The number of aliphatic hydroxyl groups excluding tert-OH is 1. The van der Waals surface area contributed by atoms with Crippen molar-refractivity contribution >= 4 is 0 Å². The molecule has 2 aliphatic heterocycles. The van der Waals surface area contributed by atoms with Crippen molar-refractivity contribution in [3.05, 3.63) is 0 Å². The molecule has 0 spiro atoms. The maximum Gasteiger partial charge on any atom is 0.164 e. The maximum absolute atomic E-state index is 8.75. The van der Waals surface area contributed by atoms with Gasteiger partial charge in [-0.2, -0.15) is 0 Å². The summed E-state index contributed by atoms with van der Waals surface area (Å²) in [4.78, 5) is 0. The van der Waals surface area contributed by atoms with E-state index >= 15 is 0 Å². The van der Waals surface area contributed by atoms with Crippen LogP contribution in [0, 0.1) is 0 Å². The van der Waals surface area contributed by atoms with Crippen molar-refractivity contribution in [3.63, 3.8) is 0 Å². The third-order valence-electron chi connectivity index (χ3n) is 3.14. The fourth-order valence-corrected chi connectivity index (χ4v) is 2.45. The van der Waals surface area contributed by atoms with Crippen LogP contribution in [0.1, 0.15) is 42.5 Å². The van der Waals surface area contributed by atoms with Crippen LogP contribution >= 0.6 is 0 Å². The minimum absolute atomic E-state index is 0. The smallest absolute Gasteiger partial charge is 0.164 e. The summed E-state index contributed by atoms with van der Waals surface area (Å²) in [5.74, 6) is -1.24. The second-order valence-electron chi connectivity index (χ2n) is 5.80. The van der Waals surface area contributed by atoms with Crippen molar-refractivity contribution in [2.75, 3.05) is 26.4 Å². The average Bonchev–Trinajstić information content (AvgIpc) is 2.79. The minimum Gasteiger partial charge on any atom is -0.394 e. The van der Waals surface area contributed by atoms with Crippen molar-refractivity contribution in [1.82, 2.24) is 0 Å². The van der Waals surface area contributed by atoms with Crippen LogP contribution in [0.3, 0.4) is 0 Å². The van der Waals surface area contributed by atoms with Gasteiger partial charge in [0.2, 0.25) is 0 Å². The van der Waals surface area contributed by atoms with Crippen molar-refractivity contribution in [2.24, 2.45) is 0 Å². The average molecular weight is 308 g/mol.